The summed E-state index contributed by atoms with van der Waals surface area (Å²) in [6.07, 6.45) is 0. The van der Waals surface area contributed by atoms with Gasteiger partial charge >= 0.3 is 5.97 Å². The standard InChI is InChI=1S/C21H17N3O5S/c1-27-20(26)18(13-7-3-2-4-8-13)23-19(25)16-11-14(29-24-16)12-28-21-22-15-9-5-6-10-17(15)30-21/h2-11,18H,12H2,1H3,(H,23,25)/t18-/m0/s1. The Balaban J connectivity index is 1.42. The Morgan fingerprint density at radius 1 is 1.13 bits per heavy atom. The molecular formula is C21H17N3O5S. The third-order valence-electron chi connectivity index (χ3n) is 4.25. The molecule has 0 spiro atoms. The average Bonchev–Trinajstić information content (AvgIpc) is 3.42. The number of hydrogen-bond donors (Lipinski definition) is 1. The monoisotopic (exact) mass is 423 g/mol. The maximum atomic E-state index is 12.6. The maximum Gasteiger partial charge on any atom is 0.333 e. The number of carbonyl (C=O) groups excluding carboxylic acids is 2. The third-order valence-corrected chi connectivity index (χ3v) is 5.20. The number of nitrogens with one attached hydrogen (secondary N) is 1. The summed E-state index contributed by atoms with van der Waals surface area (Å²) in [5, 5.41) is 6.88. The lowest BCUT2D eigenvalue weighted by Crippen LogP contribution is -2.34. The molecule has 0 aliphatic carbocycles. The van der Waals surface area contributed by atoms with E-state index >= 15 is 0 Å². The summed E-state index contributed by atoms with van der Waals surface area (Å²) in [5.74, 6) is -0.796. The predicted molar refractivity (Wildman–Crippen MR) is 109 cm³/mol. The van der Waals surface area contributed by atoms with Gasteiger partial charge in [0, 0.05) is 6.07 Å². The van der Waals surface area contributed by atoms with E-state index in [2.05, 4.69) is 15.5 Å². The van der Waals surface area contributed by atoms with Gasteiger partial charge < -0.3 is 19.3 Å². The topological polar surface area (TPSA) is 104 Å². The second kappa shape index (κ2) is 8.75. The molecule has 0 fully saturated rings. The van der Waals surface area contributed by atoms with Crippen LogP contribution in [0.4, 0.5) is 0 Å². The lowest BCUT2D eigenvalue weighted by Gasteiger charge is -2.15. The normalized spacial score (nSPS) is 11.8. The lowest BCUT2D eigenvalue weighted by atomic mass is 10.1. The number of methoxy groups -OCH3 is 1. The molecule has 0 saturated heterocycles. The number of ether oxygens (including phenoxy) is 2. The number of nitrogens with zero attached hydrogens (tertiary/aromatic N) is 2. The van der Waals surface area contributed by atoms with Gasteiger partial charge in [-0.2, -0.15) is 0 Å². The van der Waals surface area contributed by atoms with Gasteiger partial charge in [0.1, 0.15) is 0 Å². The minimum Gasteiger partial charge on any atom is -0.467 e. The Morgan fingerprint density at radius 2 is 1.90 bits per heavy atom. The van der Waals surface area contributed by atoms with Crippen molar-refractivity contribution in [1.29, 1.82) is 0 Å². The molecule has 0 aliphatic rings. The van der Waals surface area contributed by atoms with Crippen LogP contribution < -0.4 is 10.1 Å². The number of benzene rings is 2. The Morgan fingerprint density at radius 3 is 2.67 bits per heavy atom. The quantitative estimate of drug-likeness (QED) is 0.454. The van der Waals surface area contributed by atoms with Gasteiger partial charge in [-0.1, -0.05) is 59.0 Å². The molecule has 0 aliphatic heterocycles. The fourth-order valence-corrected chi connectivity index (χ4v) is 3.60. The Bertz CT molecular complexity index is 1140. The number of fused-ring (bicyclic) bond motifs is 1. The summed E-state index contributed by atoms with van der Waals surface area (Å²) in [4.78, 5) is 29.0. The van der Waals surface area contributed by atoms with Gasteiger partial charge in [0.05, 0.1) is 17.3 Å². The van der Waals surface area contributed by atoms with E-state index in [1.165, 1.54) is 24.5 Å². The zero-order valence-corrected chi connectivity index (χ0v) is 16.7. The number of esters is 1. The Labute approximate surface area is 175 Å². The van der Waals surface area contributed by atoms with Crippen molar-refractivity contribution in [2.45, 2.75) is 12.6 Å². The first-order chi connectivity index (χ1) is 14.6. The van der Waals surface area contributed by atoms with E-state index in [1.807, 2.05) is 30.3 Å². The molecular weight excluding hydrogens is 406 g/mol. The first-order valence-electron chi connectivity index (χ1n) is 9.01. The van der Waals surface area contributed by atoms with Crippen LogP contribution in [0.5, 0.6) is 5.19 Å². The van der Waals surface area contributed by atoms with E-state index in [0.717, 1.165) is 10.2 Å². The van der Waals surface area contributed by atoms with Crippen LogP contribution in [0.15, 0.2) is 65.2 Å². The van der Waals surface area contributed by atoms with E-state index in [1.54, 1.807) is 24.3 Å². The van der Waals surface area contributed by atoms with Crippen molar-refractivity contribution in [1.82, 2.24) is 15.5 Å². The van der Waals surface area contributed by atoms with Gasteiger partial charge in [0.15, 0.2) is 24.1 Å². The summed E-state index contributed by atoms with van der Waals surface area (Å²) in [5.41, 5.74) is 1.48. The van der Waals surface area contributed by atoms with E-state index < -0.39 is 17.9 Å². The number of para-hydroxylation sites is 1. The van der Waals surface area contributed by atoms with Gasteiger partial charge in [-0.05, 0) is 17.7 Å². The van der Waals surface area contributed by atoms with Gasteiger partial charge in [0.2, 0.25) is 0 Å². The van der Waals surface area contributed by atoms with E-state index in [4.69, 9.17) is 14.0 Å². The minimum atomic E-state index is -0.956. The van der Waals surface area contributed by atoms with E-state index in [-0.39, 0.29) is 12.3 Å². The largest absolute Gasteiger partial charge is 0.467 e. The molecule has 1 amide bonds. The second-order valence-corrected chi connectivity index (χ2v) is 7.25. The zero-order valence-electron chi connectivity index (χ0n) is 15.9. The first-order valence-corrected chi connectivity index (χ1v) is 9.83. The number of rotatable bonds is 7. The molecule has 0 radical (unpaired) electrons. The highest BCUT2D eigenvalue weighted by atomic mass is 32.1. The van der Waals surface area contributed by atoms with Crippen molar-refractivity contribution in [3.8, 4) is 5.19 Å². The van der Waals surface area contributed by atoms with Crippen molar-refractivity contribution in [3.05, 3.63) is 77.7 Å². The maximum absolute atomic E-state index is 12.6. The summed E-state index contributed by atoms with van der Waals surface area (Å²) in [6, 6.07) is 17.0. The molecule has 2 aromatic heterocycles. The number of aromatic nitrogens is 2. The molecule has 0 bridgehead atoms. The summed E-state index contributed by atoms with van der Waals surface area (Å²) < 4.78 is 16.6. The van der Waals surface area contributed by atoms with Crippen molar-refractivity contribution in [2.75, 3.05) is 7.11 Å². The molecule has 0 saturated carbocycles. The zero-order chi connectivity index (χ0) is 20.9. The fourth-order valence-electron chi connectivity index (χ4n) is 2.78. The van der Waals surface area contributed by atoms with Crippen LogP contribution in [0.25, 0.3) is 10.2 Å². The lowest BCUT2D eigenvalue weighted by molar-refractivity contribution is -0.143. The summed E-state index contributed by atoms with van der Waals surface area (Å²) >= 11 is 1.42. The van der Waals surface area contributed by atoms with Crippen LogP contribution in [-0.4, -0.2) is 29.1 Å². The number of carbonyl (C=O) groups is 2. The van der Waals surface area contributed by atoms with Crippen LogP contribution in [0.2, 0.25) is 0 Å². The molecule has 8 nitrogen and oxygen atoms in total. The van der Waals surface area contributed by atoms with Gasteiger partial charge in [-0.15, -0.1) is 0 Å². The molecule has 1 N–H and O–H groups in total. The molecule has 4 rings (SSSR count). The molecule has 152 valence electrons. The number of thiazole rings is 1. The highest BCUT2D eigenvalue weighted by Gasteiger charge is 2.25. The molecule has 2 aromatic carbocycles. The van der Waals surface area contributed by atoms with E-state index in [9.17, 15) is 9.59 Å². The van der Waals surface area contributed by atoms with Gasteiger partial charge in [0.25, 0.3) is 11.1 Å². The predicted octanol–water partition coefficient (Wildman–Crippen LogP) is 3.51. The minimum absolute atomic E-state index is 0.0303. The van der Waals surface area contributed by atoms with Crippen LogP contribution >= 0.6 is 11.3 Å². The van der Waals surface area contributed by atoms with E-state index in [0.29, 0.717) is 16.5 Å². The van der Waals surface area contributed by atoms with Gasteiger partial charge in [-0.25, -0.2) is 9.78 Å². The SMILES string of the molecule is COC(=O)[C@@H](NC(=O)c1cc(COc2nc3ccccc3s2)on1)c1ccccc1. The van der Waals surface area contributed by atoms with Crippen LogP contribution in [0, 0.1) is 0 Å². The average molecular weight is 423 g/mol. The number of amides is 1. The third kappa shape index (κ3) is 4.31. The Hall–Kier alpha value is -3.72. The summed E-state index contributed by atoms with van der Waals surface area (Å²) in [7, 11) is 1.26. The summed E-state index contributed by atoms with van der Waals surface area (Å²) in [6.45, 7) is 0.0687. The van der Waals surface area contributed by atoms with Crippen molar-refractivity contribution in [2.24, 2.45) is 0 Å². The molecule has 2 heterocycles. The van der Waals surface area contributed by atoms with Crippen molar-refractivity contribution < 1.29 is 23.6 Å². The molecule has 30 heavy (non-hydrogen) atoms. The smallest absolute Gasteiger partial charge is 0.333 e. The van der Waals surface area contributed by atoms with Crippen molar-refractivity contribution in [3.63, 3.8) is 0 Å². The Kier molecular flexibility index (Phi) is 5.71. The number of hydrogen-bond acceptors (Lipinski definition) is 8. The van der Waals surface area contributed by atoms with Crippen LogP contribution in [0.3, 0.4) is 0 Å². The van der Waals surface area contributed by atoms with Gasteiger partial charge in [-0.3, -0.25) is 4.79 Å². The molecule has 4 aromatic rings. The molecule has 9 heteroatoms. The first kappa shape index (κ1) is 19.6. The highest BCUT2D eigenvalue weighted by Crippen LogP contribution is 2.28. The fraction of sp³-hybridized carbons (Fsp3) is 0.143. The second-order valence-electron chi connectivity index (χ2n) is 6.25. The van der Waals surface area contributed by atoms with Crippen molar-refractivity contribution >= 4 is 33.4 Å². The highest BCUT2D eigenvalue weighted by molar-refractivity contribution is 7.20. The van der Waals surface area contributed by atoms with Crippen LogP contribution in [0.1, 0.15) is 27.9 Å². The molecule has 0 unspecified atom stereocenters. The van der Waals surface area contributed by atoms with Crippen LogP contribution in [-0.2, 0) is 16.1 Å². The molecule has 1 atom stereocenters.